The maximum atomic E-state index is 3.70. The molecule has 1 aliphatic carbocycles. The first kappa shape index (κ1) is 11.4. The quantitative estimate of drug-likeness (QED) is 0.744. The summed E-state index contributed by atoms with van der Waals surface area (Å²) in [5, 5.41) is 7.26. The van der Waals surface area contributed by atoms with Crippen molar-refractivity contribution in [2.75, 3.05) is 13.1 Å². The first-order chi connectivity index (χ1) is 7.16. The molecule has 1 saturated heterocycles. The van der Waals surface area contributed by atoms with Crippen molar-refractivity contribution < 1.29 is 0 Å². The van der Waals surface area contributed by atoms with E-state index in [0.717, 1.165) is 12.5 Å². The van der Waals surface area contributed by atoms with Crippen molar-refractivity contribution in [2.24, 2.45) is 5.92 Å². The van der Waals surface area contributed by atoms with Crippen LogP contribution in [0.5, 0.6) is 0 Å². The van der Waals surface area contributed by atoms with Crippen LogP contribution in [0.15, 0.2) is 0 Å². The summed E-state index contributed by atoms with van der Waals surface area (Å²) < 4.78 is 0. The average molecular weight is 210 g/mol. The Morgan fingerprint density at radius 1 is 1.27 bits per heavy atom. The van der Waals surface area contributed by atoms with Crippen molar-refractivity contribution in [3.8, 4) is 0 Å². The van der Waals surface area contributed by atoms with E-state index in [1.807, 2.05) is 0 Å². The predicted octanol–water partition coefficient (Wildman–Crippen LogP) is 2.30. The van der Waals surface area contributed by atoms with E-state index in [1.54, 1.807) is 0 Å². The van der Waals surface area contributed by atoms with Crippen LogP contribution in [0, 0.1) is 5.92 Å². The summed E-state index contributed by atoms with van der Waals surface area (Å²) in [6, 6.07) is 0.710. The first-order valence-corrected chi connectivity index (χ1v) is 6.64. The fraction of sp³-hybridized carbons (Fsp3) is 1.00. The number of nitrogens with one attached hydrogen (secondary N) is 2. The maximum Gasteiger partial charge on any atom is 0.0210 e. The van der Waals surface area contributed by atoms with Crippen LogP contribution in [-0.2, 0) is 0 Å². The Bertz CT molecular complexity index is 195. The van der Waals surface area contributed by atoms with Crippen LogP contribution in [0.25, 0.3) is 0 Å². The molecule has 2 N–H and O–H groups in total. The largest absolute Gasteiger partial charge is 0.313 e. The van der Waals surface area contributed by atoms with Gasteiger partial charge in [0.05, 0.1) is 0 Å². The van der Waals surface area contributed by atoms with Gasteiger partial charge >= 0.3 is 0 Å². The highest BCUT2D eigenvalue weighted by molar-refractivity contribution is 4.93. The van der Waals surface area contributed by atoms with E-state index in [4.69, 9.17) is 0 Å². The molecule has 2 rings (SSSR count). The molecular formula is C13H26N2. The second-order valence-electron chi connectivity index (χ2n) is 6.06. The van der Waals surface area contributed by atoms with Gasteiger partial charge in [-0.2, -0.15) is 0 Å². The summed E-state index contributed by atoms with van der Waals surface area (Å²) in [6.07, 6.45) is 8.59. The van der Waals surface area contributed by atoms with Crippen LogP contribution in [-0.4, -0.2) is 24.7 Å². The molecule has 15 heavy (non-hydrogen) atoms. The van der Waals surface area contributed by atoms with Crippen LogP contribution >= 0.6 is 0 Å². The van der Waals surface area contributed by atoms with Gasteiger partial charge in [0, 0.05) is 18.1 Å². The molecule has 0 aromatic rings. The SMILES string of the molecule is CC1(C)CC(NCCC2CCCC2)CN1. The van der Waals surface area contributed by atoms with Crippen molar-refractivity contribution in [2.45, 2.75) is 64.0 Å². The molecule has 1 heterocycles. The van der Waals surface area contributed by atoms with E-state index in [2.05, 4.69) is 24.5 Å². The number of hydrogen-bond donors (Lipinski definition) is 2. The molecule has 0 bridgehead atoms. The highest BCUT2D eigenvalue weighted by Crippen LogP contribution is 2.27. The molecule has 2 fully saturated rings. The highest BCUT2D eigenvalue weighted by atomic mass is 15.1. The Hall–Kier alpha value is -0.0800. The second kappa shape index (κ2) is 4.84. The van der Waals surface area contributed by atoms with E-state index in [9.17, 15) is 0 Å². The summed E-state index contributed by atoms with van der Waals surface area (Å²) in [4.78, 5) is 0. The minimum absolute atomic E-state index is 0.352. The van der Waals surface area contributed by atoms with E-state index in [1.165, 1.54) is 45.1 Å². The Labute approximate surface area is 94.2 Å². The fourth-order valence-corrected chi connectivity index (χ4v) is 3.09. The fourth-order valence-electron chi connectivity index (χ4n) is 3.09. The Morgan fingerprint density at radius 2 is 2.00 bits per heavy atom. The lowest BCUT2D eigenvalue weighted by Crippen LogP contribution is -2.32. The van der Waals surface area contributed by atoms with E-state index in [0.29, 0.717) is 11.6 Å². The standard InChI is InChI=1S/C13H26N2/c1-13(2)9-12(10-15-13)14-8-7-11-5-3-4-6-11/h11-12,14-15H,3-10H2,1-2H3. The second-order valence-corrected chi connectivity index (χ2v) is 6.06. The summed E-state index contributed by atoms with van der Waals surface area (Å²) in [6.45, 7) is 6.97. The first-order valence-electron chi connectivity index (χ1n) is 6.64. The molecule has 88 valence electrons. The van der Waals surface area contributed by atoms with Crippen LogP contribution in [0.1, 0.15) is 52.4 Å². The van der Waals surface area contributed by atoms with Gasteiger partial charge in [-0.1, -0.05) is 25.7 Å². The minimum Gasteiger partial charge on any atom is -0.313 e. The third-order valence-electron chi connectivity index (χ3n) is 4.04. The average Bonchev–Trinajstić information content (AvgIpc) is 2.76. The van der Waals surface area contributed by atoms with Crippen molar-refractivity contribution >= 4 is 0 Å². The summed E-state index contributed by atoms with van der Waals surface area (Å²) in [5.74, 6) is 1.03. The number of hydrogen-bond acceptors (Lipinski definition) is 2. The van der Waals surface area contributed by atoms with Crippen LogP contribution < -0.4 is 10.6 Å². The van der Waals surface area contributed by atoms with Gasteiger partial charge < -0.3 is 10.6 Å². The molecule has 2 aliphatic rings. The van der Waals surface area contributed by atoms with Crippen LogP contribution in [0.4, 0.5) is 0 Å². The van der Waals surface area contributed by atoms with Gasteiger partial charge in [-0.3, -0.25) is 0 Å². The highest BCUT2D eigenvalue weighted by Gasteiger charge is 2.29. The van der Waals surface area contributed by atoms with Gasteiger partial charge in [-0.25, -0.2) is 0 Å². The van der Waals surface area contributed by atoms with Crippen molar-refractivity contribution in [1.29, 1.82) is 0 Å². The van der Waals surface area contributed by atoms with Crippen molar-refractivity contribution in [3.63, 3.8) is 0 Å². The Kier molecular flexibility index (Phi) is 3.68. The summed E-state index contributed by atoms with van der Waals surface area (Å²) >= 11 is 0. The molecule has 0 aromatic heterocycles. The molecule has 0 radical (unpaired) electrons. The molecule has 1 saturated carbocycles. The lowest BCUT2D eigenvalue weighted by atomic mass is 10.0. The molecule has 2 nitrogen and oxygen atoms in total. The van der Waals surface area contributed by atoms with E-state index < -0.39 is 0 Å². The lowest BCUT2D eigenvalue weighted by Gasteiger charge is -2.18. The Morgan fingerprint density at radius 3 is 2.60 bits per heavy atom. The van der Waals surface area contributed by atoms with E-state index in [-0.39, 0.29) is 0 Å². The molecule has 2 heteroatoms. The molecule has 0 spiro atoms. The maximum absolute atomic E-state index is 3.70. The molecule has 1 unspecified atom stereocenters. The monoisotopic (exact) mass is 210 g/mol. The zero-order valence-electron chi connectivity index (χ0n) is 10.3. The van der Waals surface area contributed by atoms with Crippen molar-refractivity contribution in [3.05, 3.63) is 0 Å². The van der Waals surface area contributed by atoms with Crippen molar-refractivity contribution in [1.82, 2.24) is 10.6 Å². The molecule has 1 aliphatic heterocycles. The van der Waals surface area contributed by atoms with E-state index >= 15 is 0 Å². The zero-order valence-corrected chi connectivity index (χ0v) is 10.3. The van der Waals surface area contributed by atoms with Gasteiger partial charge in [-0.05, 0) is 39.2 Å². The third kappa shape index (κ3) is 3.46. The lowest BCUT2D eigenvalue weighted by molar-refractivity contribution is 0.423. The summed E-state index contributed by atoms with van der Waals surface area (Å²) in [5.41, 5.74) is 0.352. The number of rotatable bonds is 4. The van der Waals surface area contributed by atoms with Crippen LogP contribution in [0.3, 0.4) is 0 Å². The van der Waals surface area contributed by atoms with Gasteiger partial charge in [0.1, 0.15) is 0 Å². The van der Waals surface area contributed by atoms with Gasteiger partial charge in [0.15, 0.2) is 0 Å². The smallest absolute Gasteiger partial charge is 0.0210 e. The molecule has 0 aromatic carbocycles. The van der Waals surface area contributed by atoms with Gasteiger partial charge in [-0.15, -0.1) is 0 Å². The topological polar surface area (TPSA) is 24.1 Å². The third-order valence-corrected chi connectivity index (χ3v) is 4.04. The normalized spacial score (nSPS) is 31.2. The molecule has 1 atom stereocenters. The van der Waals surface area contributed by atoms with Crippen LogP contribution in [0.2, 0.25) is 0 Å². The zero-order chi connectivity index (χ0) is 10.7. The Balaban J connectivity index is 1.58. The minimum atomic E-state index is 0.352. The predicted molar refractivity (Wildman–Crippen MR) is 65.1 cm³/mol. The van der Waals surface area contributed by atoms with Gasteiger partial charge in [0.2, 0.25) is 0 Å². The van der Waals surface area contributed by atoms with Gasteiger partial charge in [0.25, 0.3) is 0 Å². The summed E-state index contributed by atoms with van der Waals surface area (Å²) in [7, 11) is 0. The molecular weight excluding hydrogens is 184 g/mol. The molecule has 0 amide bonds.